The van der Waals surface area contributed by atoms with Gasteiger partial charge in [0.05, 0.1) is 0 Å². The van der Waals surface area contributed by atoms with E-state index in [1.54, 1.807) is 6.92 Å². The van der Waals surface area contributed by atoms with Crippen molar-refractivity contribution in [2.75, 3.05) is 0 Å². The van der Waals surface area contributed by atoms with Crippen molar-refractivity contribution in [2.45, 2.75) is 39.8 Å². The van der Waals surface area contributed by atoms with Crippen molar-refractivity contribution >= 4 is 0 Å². The third kappa shape index (κ3) is 3.48. The summed E-state index contributed by atoms with van der Waals surface area (Å²) < 4.78 is 27.7. The van der Waals surface area contributed by atoms with Crippen molar-refractivity contribution in [3.63, 3.8) is 0 Å². The lowest BCUT2D eigenvalue weighted by molar-refractivity contribution is 0.468. The van der Waals surface area contributed by atoms with Crippen molar-refractivity contribution < 1.29 is 8.78 Å². The van der Waals surface area contributed by atoms with Gasteiger partial charge in [0.15, 0.2) is 0 Å². The fraction of sp³-hybridized carbons (Fsp3) is 0.333. The van der Waals surface area contributed by atoms with Crippen LogP contribution in [0.2, 0.25) is 0 Å². The van der Waals surface area contributed by atoms with Gasteiger partial charge < -0.3 is 5.32 Å². The molecule has 2 aromatic carbocycles. The summed E-state index contributed by atoms with van der Waals surface area (Å²) >= 11 is 0. The van der Waals surface area contributed by atoms with Crippen molar-refractivity contribution in [3.05, 3.63) is 70.3 Å². The normalized spacial score (nSPS) is 14.0. The zero-order valence-corrected chi connectivity index (χ0v) is 12.9. The number of aryl methyl sites for hydroxylation is 2. The van der Waals surface area contributed by atoms with E-state index in [0.717, 1.165) is 5.56 Å². The third-order valence-electron chi connectivity index (χ3n) is 3.90. The van der Waals surface area contributed by atoms with Gasteiger partial charge in [0.2, 0.25) is 0 Å². The molecule has 2 rings (SSSR count). The van der Waals surface area contributed by atoms with E-state index in [4.69, 9.17) is 0 Å². The summed E-state index contributed by atoms with van der Waals surface area (Å²) in [6, 6.07) is 10.4. The highest BCUT2D eigenvalue weighted by molar-refractivity contribution is 5.30. The second-order valence-corrected chi connectivity index (χ2v) is 5.59. The maximum Gasteiger partial charge on any atom is 0.128 e. The molecule has 112 valence electrons. The van der Waals surface area contributed by atoms with Gasteiger partial charge in [0, 0.05) is 17.6 Å². The van der Waals surface area contributed by atoms with Crippen LogP contribution in [0, 0.1) is 25.5 Å². The summed E-state index contributed by atoms with van der Waals surface area (Å²) in [6.07, 6.45) is 0. The zero-order chi connectivity index (χ0) is 15.6. The Morgan fingerprint density at radius 2 is 1.43 bits per heavy atom. The Hall–Kier alpha value is -1.74. The fourth-order valence-electron chi connectivity index (χ4n) is 2.62. The Morgan fingerprint density at radius 1 is 0.810 bits per heavy atom. The first kappa shape index (κ1) is 15.6. The van der Waals surface area contributed by atoms with Crippen LogP contribution in [-0.2, 0) is 0 Å². The molecule has 0 aliphatic carbocycles. The molecule has 0 saturated heterocycles. The Balaban J connectivity index is 2.20. The van der Waals surface area contributed by atoms with Crippen molar-refractivity contribution in [2.24, 2.45) is 0 Å². The van der Waals surface area contributed by atoms with Gasteiger partial charge in [-0.3, -0.25) is 0 Å². The van der Waals surface area contributed by atoms with E-state index in [9.17, 15) is 8.78 Å². The number of nitrogens with one attached hydrogen (secondary N) is 1. The molecule has 1 unspecified atom stereocenters. The Morgan fingerprint density at radius 3 is 2.10 bits per heavy atom. The summed E-state index contributed by atoms with van der Waals surface area (Å²) in [5, 5.41) is 3.33. The van der Waals surface area contributed by atoms with Crippen LogP contribution in [0.4, 0.5) is 8.78 Å². The quantitative estimate of drug-likeness (QED) is 0.835. The molecular weight excluding hydrogens is 268 g/mol. The molecule has 0 saturated carbocycles. The van der Waals surface area contributed by atoms with E-state index in [1.807, 2.05) is 45.0 Å². The van der Waals surface area contributed by atoms with E-state index < -0.39 is 0 Å². The maximum atomic E-state index is 14.0. The maximum absolute atomic E-state index is 14.0. The smallest absolute Gasteiger partial charge is 0.128 e. The second kappa shape index (κ2) is 6.35. The van der Waals surface area contributed by atoms with Crippen LogP contribution >= 0.6 is 0 Å². The summed E-state index contributed by atoms with van der Waals surface area (Å²) in [4.78, 5) is 0. The molecule has 0 amide bonds. The lowest BCUT2D eigenvalue weighted by Crippen LogP contribution is -2.24. The first-order valence-electron chi connectivity index (χ1n) is 7.17. The summed E-state index contributed by atoms with van der Waals surface area (Å²) in [7, 11) is 0. The van der Waals surface area contributed by atoms with E-state index in [-0.39, 0.29) is 23.7 Å². The Kier molecular flexibility index (Phi) is 4.73. The molecule has 0 aliphatic heterocycles. The minimum absolute atomic E-state index is 0.0602. The van der Waals surface area contributed by atoms with Crippen molar-refractivity contribution in [1.82, 2.24) is 5.32 Å². The molecular formula is C18H21F2N. The first-order valence-corrected chi connectivity index (χ1v) is 7.17. The second-order valence-electron chi connectivity index (χ2n) is 5.59. The van der Waals surface area contributed by atoms with Crippen LogP contribution in [0.25, 0.3) is 0 Å². The Bertz CT molecular complexity index is 637. The van der Waals surface area contributed by atoms with Crippen LogP contribution in [0.1, 0.15) is 48.2 Å². The molecule has 0 aliphatic rings. The number of hydrogen-bond acceptors (Lipinski definition) is 1. The molecule has 0 aromatic heterocycles. The van der Waals surface area contributed by atoms with Gasteiger partial charge in [0.1, 0.15) is 11.6 Å². The zero-order valence-electron chi connectivity index (χ0n) is 12.9. The van der Waals surface area contributed by atoms with Gasteiger partial charge in [-0.2, -0.15) is 0 Å². The molecule has 21 heavy (non-hydrogen) atoms. The monoisotopic (exact) mass is 289 g/mol. The highest BCUT2D eigenvalue weighted by Gasteiger charge is 2.17. The summed E-state index contributed by atoms with van der Waals surface area (Å²) in [5.41, 5.74) is 3.03. The van der Waals surface area contributed by atoms with E-state index in [1.165, 1.54) is 17.7 Å². The summed E-state index contributed by atoms with van der Waals surface area (Å²) in [6.45, 7) is 7.49. The van der Waals surface area contributed by atoms with Gasteiger partial charge in [-0.1, -0.05) is 24.3 Å². The molecule has 0 fully saturated rings. The van der Waals surface area contributed by atoms with E-state index in [0.29, 0.717) is 11.1 Å². The molecule has 1 N–H and O–H groups in total. The van der Waals surface area contributed by atoms with Crippen LogP contribution in [0.5, 0.6) is 0 Å². The highest BCUT2D eigenvalue weighted by atomic mass is 19.1. The molecule has 3 heteroatoms. The lowest BCUT2D eigenvalue weighted by Gasteiger charge is -2.22. The number of halogens is 2. The van der Waals surface area contributed by atoms with E-state index in [2.05, 4.69) is 5.32 Å². The Labute approximate surface area is 125 Å². The van der Waals surface area contributed by atoms with Gasteiger partial charge in [-0.25, -0.2) is 8.78 Å². The van der Waals surface area contributed by atoms with Crippen LogP contribution in [0.15, 0.2) is 36.4 Å². The van der Waals surface area contributed by atoms with Gasteiger partial charge in [-0.05, 0) is 56.5 Å². The molecule has 1 nitrogen and oxygen atoms in total. The van der Waals surface area contributed by atoms with Crippen molar-refractivity contribution in [1.29, 1.82) is 0 Å². The number of hydrogen-bond donors (Lipinski definition) is 1. The van der Waals surface area contributed by atoms with Gasteiger partial charge in [0.25, 0.3) is 0 Å². The molecule has 0 bridgehead atoms. The first-order chi connectivity index (χ1) is 9.90. The molecule has 0 radical (unpaired) electrons. The minimum Gasteiger partial charge on any atom is -0.304 e. The third-order valence-corrected chi connectivity index (χ3v) is 3.90. The minimum atomic E-state index is -0.372. The standard InChI is InChI=1S/C18H21F2N/c1-11-7-5-6-8-15(11)13(3)21-14(4)16-10-17(19)12(2)9-18(16)20/h5-10,13-14,21H,1-4H3/t13-,14?/m0/s1. The van der Waals surface area contributed by atoms with Gasteiger partial charge in [-0.15, -0.1) is 0 Å². The van der Waals surface area contributed by atoms with Crippen molar-refractivity contribution in [3.8, 4) is 0 Å². The summed E-state index contributed by atoms with van der Waals surface area (Å²) in [5.74, 6) is -0.741. The average molecular weight is 289 g/mol. The molecule has 0 spiro atoms. The SMILES string of the molecule is Cc1cc(F)c(C(C)N[C@@H](C)c2ccccc2C)cc1F. The number of rotatable bonds is 4. The predicted octanol–water partition coefficient (Wildman–Crippen LogP) is 4.99. The van der Waals surface area contributed by atoms with E-state index >= 15 is 0 Å². The topological polar surface area (TPSA) is 12.0 Å². The van der Waals surface area contributed by atoms with Gasteiger partial charge >= 0.3 is 0 Å². The lowest BCUT2D eigenvalue weighted by atomic mass is 9.99. The van der Waals surface area contributed by atoms with Crippen LogP contribution < -0.4 is 5.32 Å². The van der Waals surface area contributed by atoms with Crippen LogP contribution in [0.3, 0.4) is 0 Å². The molecule has 0 heterocycles. The highest BCUT2D eigenvalue weighted by Crippen LogP contribution is 2.25. The van der Waals surface area contributed by atoms with Crippen LogP contribution in [-0.4, -0.2) is 0 Å². The fourth-order valence-corrected chi connectivity index (χ4v) is 2.62. The average Bonchev–Trinajstić information content (AvgIpc) is 2.43. The number of benzene rings is 2. The largest absolute Gasteiger partial charge is 0.304 e. The molecule has 2 aromatic rings. The molecule has 2 atom stereocenters. The predicted molar refractivity (Wildman–Crippen MR) is 82.2 cm³/mol.